The van der Waals surface area contributed by atoms with Crippen LogP contribution in [0.15, 0.2) is 23.3 Å². The van der Waals surface area contributed by atoms with E-state index >= 15 is 0 Å². The molecule has 0 N–H and O–H groups in total. The summed E-state index contributed by atoms with van der Waals surface area (Å²) in [6.07, 6.45) is 10.9. The highest BCUT2D eigenvalue weighted by Gasteiger charge is 2.26. The van der Waals surface area contributed by atoms with Gasteiger partial charge in [-0.05, 0) is 44.1 Å². The van der Waals surface area contributed by atoms with E-state index in [4.69, 9.17) is 0 Å². The SMILES string of the molecule is O=c1cc2c(nn1CCN1CCN(Cc3cnc(C4CC4)nc3)CC1)CCCC2. The van der Waals surface area contributed by atoms with Crippen molar-refractivity contribution in [2.24, 2.45) is 0 Å². The molecule has 0 atom stereocenters. The number of hydrogen-bond donors (Lipinski definition) is 0. The lowest BCUT2D eigenvalue weighted by molar-refractivity contribution is 0.122. The van der Waals surface area contributed by atoms with E-state index in [1.807, 2.05) is 18.5 Å². The Balaban J connectivity index is 1.10. The van der Waals surface area contributed by atoms with Gasteiger partial charge in [0.15, 0.2) is 0 Å². The van der Waals surface area contributed by atoms with Gasteiger partial charge in [-0.2, -0.15) is 5.10 Å². The summed E-state index contributed by atoms with van der Waals surface area (Å²) < 4.78 is 1.68. The Morgan fingerprint density at radius 2 is 1.66 bits per heavy atom. The Labute approximate surface area is 171 Å². The molecule has 3 aliphatic rings. The lowest BCUT2D eigenvalue weighted by atomic mass is 9.97. The molecule has 2 aromatic heterocycles. The topological polar surface area (TPSA) is 67.2 Å². The summed E-state index contributed by atoms with van der Waals surface area (Å²) in [6.45, 7) is 6.63. The van der Waals surface area contributed by atoms with E-state index in [0.29, 0.717) is 12.5 Å². The molecular weight excluding hydrogens is 364 g/mol. The molecule has 2 fully saturated rings. The van der Waals surface area contributed by atoms with Crippen LogP contribution < -0.4 is 5.56 Å². The zero-order valence-corrected chi connectivity index (χ0v) is 17.1. The standard InChI is InChI=1S/C22H30N6O/c29-21-13-19-3-1-2-4-20(19)25-28(21)12-11-26-7-9-27(10-8-26)16-17-14-23-22(24-15-17)18-5-6-18/h13-15,18H,1-12,16H2. The summed E-state index contributed by atoms with van der Waals surface area (Å²) in [5.41, 5.74) is 3.56. The molecule has 0 spiro atoms. The summed E-state index contributed by atoms with van der Waals surface area (Å²) in [4.78, 5) is 26.3. The maximum absolute atomic E-state index is 12.4. The van der Waals surface area contributed by atoms with Crippen LogP contribution in [0.4, 0.5) is 0 Å². The zero-order chi connectivity index (χ0) is 19.6. The number of nitrogens with zero attached hydrogens (tertiary/aromatic N) is 6. The van der Waals surface area contributed by atoms with Crippen LogP contribution in [0.2, 0.25) is 0 Å². The van der Waals surface area contributed by atoms with Gasteiger partial charge in [-0.1, -0.05) is 0 Å². The molecule has 2 aromatic rings. The maximum Gasteiger partial charge on any atom is 0.267 e. The molecule has 3 heterocycles. The first-order chi connectivity index (χ1) is 14.2. The van der Waals surface area contributed by atoms with Gasteiger partial charge in [0.1, 0.15) is 5.82 Å². The highest BCUT2D eigenvalue weighted by atomic mass is 16.1. The predicted molar refractivity (Wildman–Crippen MR) is 111 cm³/mol. The molecule has 0 bridgehead atoms. The van der Waals surface area contributed by atoms with Gasteiger partial charge in [0.25, 0.3) is 5.56 Å². The second-order valence-corrected chi connectivity index (χ2v) is 8.73. The molecule has 0 unspecified atom stereocenters. The molecule has 1 saturated carbocycles. The highest BCUT2D eigenvalue weighted by Crippen LogP contribution is 2.37. The third-order valence-corrected chi connectivity index (χ3v) is 6.44. The molecule has 0 amide bonds. The zero-order valence-electron chi connectivity index (χ0n) is 17.1. The normalized spacial score (nSPS) is 20.6. The van der Waals surface area contributed by atoms with Crippen molar-refractivity contribution in [3.63, 3.8) is 0 Å². The molecule has 7 nitrogen and oxygen atoms in total. The molecule has 154 valence electrons. The van der Waals surface area contributed by atoms with Gasteiger partial charge in [-0.3, -0.25) is 14.6 Å². The summed E-state index contributed by atoms with van der Waals surface area (Å²) >= 11 is 0. The van der Waals surface area contributed by atoms with Crippen molar-refractivity contribution >= 4 is 0 Å². The molecule has 1 saturated heterocycles. The number of fused-ring (bicyclic) bond motifs is 1. The van der Waals surface area contributed by atoms with Crippen molar-refractivity contribution in [3.8, 4) is 0 Å². The minimum atomic E-state index is 0.0546. The number of aromatic nitrogens is 4. The van der Waals surface area contributed by atoms with Gasteiger partial charge in [-0.25, -0.2) is 14.6 Å². The second-order valence-electron chi connectivity index (χ2n) is 8.73. The van der Waals surface area contributed by atoms with E-state index < -0.39 is 0 Å². The molecule has 2 aliphatic carbocycles. The Bertz CT molecular complexity index is 897. The van der Waals surface area contributed by atoms with E-state index in [1.54, 1.807) is 4.68 Å². The van der Waals surface area contributed by atoms with E-state index in [-0.39, 0.29) is 5.56 Å². The fourth-order valence-electron chi connectivity index (χ4n) is 4.43. The van der Waals surface area contributed by atoms with E-state index in [1.165, 1.54) is 36.8 Å². The van der Waals surface area contributed by atoms with Crippen molar-refractivity contribution in [2.45, 2.75) is 57.5 Å². The Kier molecular flexibility index (Phi) is 5.42. The Morgan fingerprint density at radius 1 is 0.931 bits per heavy atom. The van der Waals surface area contributed by atoms with Crippen LogP contribution in [-0.2, 0) is 25.9 Å². The van der Waals surface area contributed by atoms with Crippen molar-refractivity contribution in [2.75, 3.05) is 32.7 Å². The smallest absolute Gasteiger partial charge is 0.267 e. The third-order valence-electron chi connectivity index (χ3n) is 6.44. The lowest BCUT2D eigenvalue weighted by Crippen LogP contribution is -2.47. The van der Waals surface area contributed by atoms with Crippen LogP contribution in [0, 0.1) is 0 Å². The molecule has 5 rings (SSSR count). The van der Waals surface area contributed by atoms with Gasteiger partial charge in [0.05, 0.1) is 12.2 Å². The number of rotatable bonds is 6. The maximum atomic E-state index is 12.4. The minimum Gasteiger partial charge on any atom is -0.299 e. The van der Waals surface area contributed by atoms with Gasteiger partial charge in [-0.15, -0.1) is 0 Å². The lowest BCUT2D eigenvalue weighted by Gasteiger charge is -2.34. The minimum absolute atomic E-state index is 0.0546. The monoisotopic (exact) mass is 394 g/mol. The average molecular weight is 395 g/mol. The van der Waals surface area contributed by atoms with Crippen LogP contribution in [0.25, 0.3) is 0 Å². The second kappa shape index (κ2) is 8.32. The number of hydrogen-bond acceptors (Lipinski definition) is 6. The van der Waals surface area contributed by atoms with Crippen LogP contribution in [0.3, 0.4) is 0 Å². The molecule has 1 aliphatic heterocycles. The molecule has 7 heteroatoms. The van der Waals surface area contributed by atoms with Crippen molar-refractivity contribution in [1.29, 1.82) is 0 Å². The van der Waals surface area contributed by atoms with Crippen molar-refractivity contribution in [3.05, 3.63) is 51.5 Å². The van der Waals surface area contributed by atoms with Gasteiger partial charge >= 0.3 is 0 Å². The average Bonchev–Trinajstić information content (AvgIpc) is 3.59. The summed E-state index contributed by atoms with van der Waals surface area (Å²) in [5.74, 6) is 1.63. The number of aryl methyl sites for hydroxylation is 2. The Hall–Kier alpha value is -2.12. The van der Waals surface area contributed by atoms with E-state index in [0.717, 1.165) is 63.6 Å². The third kappa shape index (κ3) is 4.56. The number of piperazine rings is 1. The molecular formula is C22H30N6O. The van der Waals surface area contributed by atoms with Crippen LogP contribution in [-0.4, -0.2) is 62.3 Å². The van der Waals surface area contributed by atoms with E-state index in [2.05, 4.69) is 24.9 Å². The molecule has 29 heavy (non-hydrogen) atoms. The van der Waals surface area contributed by atoms with Crippen molar-refractivity contribution in [1.82, 2.24) is 29.5 Å². The van der Waals surface area contributed by atoms with Crippen LogP contribution in [0.5, 0.6) is 0 Å². The molecule has 0 aromatic carbocycles. The summed E-state index contributed by atoms with van der Waals surface area (Å²) in [6, 6.07) is 1.82. The predicted octanol–water partition coefficient (Wildman–Crippen LogP) is 1.61. The highest BCUT2D eigenvalue weighted by molar-refractivity contribution is 5.20. The van der Waals surface area contributed by atoms with Crippen molar-refractivity contribution < 1.29 is 0 Å². The van der Waals surface area contributed by atoms with Gasteiger partial charge in [0, 0.05) is 69.2 Å². The largest absolute Gasteiger partial charge is 0.299 e. The summed E-state index contributed by atoms with van der Waals surface area (Å²) in [7, 11) is 0. The first-order valence-electron chi connectivity index (χ1n) is 11.1. The van der Waals surface area contributed by atoms with Crippen LogP contribution in [0.1, 0.15) is 54.2 Å². The first-order valence-corrected chi connectivity index (χ1v) is 11.1. The van der Waals surface area contributed by atoms with Crippen LogP contribution >= 0.6 is 0 Å². The Morgan fingerprint density at radius 3 is 2.41 bits per heavy atom. The van der Waals surface area contributed by atoms with E-state index in [9.17, 15) is 4.79 Å². The van der Waals surface area contributed by atoms with Gasteiger partial charge in [0.2, 0.25) is 0 Å². The summed E-state index contributed by atoms with van der Waals surface area (Å²) in [5, 5.41) is 4.65. The first kappa shape index (κ1) is 18.9. The molecule has 0 radical (unpaired) electrons. The fraction of sp³-hybridized carbons (Fsp3) is 0.636. The van der Waals surface area contributed by atoms with Gasteiger partial charge < -0.3 is 0 Å². The fourth-order valence-corrected chi connectivity index (χ4v) is 4.43. The quantitative estimate of drug-likeness (QED) is 0.742.